The lowest BCUT2D eigenvalue weighted by molar-refractivity contribution is 0.421. The number of para-hydroxylation sites is 1. The van der Waals surface area contributed by atoms with Crippen LogP contribution in [0.3, 0.4) is 0 Å². The highest BCUT2D eigenvalue weighted by atomic mass is 14.6. The van der Waals surface area contributed by atoms with Crippen molar-refractivity contribution in [3.05, 3.63) is 29.8 Å². The van der Waals surface area contributed by atoms with Crippen molar-refractivity contribution in [3.63, 3.8) is 0 Å². The Labute approximate surface area is 85.3 Å². The highest BCUT2D eigenvalue weighted by Gasteiger charge is 2.40. The molecule has 14 heavy (non-hydrogen) atoms. The quantitative estimate of drug-likeness (QED) is 0.671. The lowest BCUT2D eigenvalue weighted by Gasteiger charge is -2.23. The first-order valence-electron chi connectivity index (χ1n) is 5.69. The minimum absolute atomic E-state index is 0.773. The molecule has 3 atom stereocenters. The fourth-order valence-corrected chi connectivity index (χ4v) is 3.47. The molecular weight excluding hydrogens is 170 g/mol. The fraction of sp³-hybridized carbons (Fsp3) is 0.538. The van der Waals surface area contributed by atoms with Gasteiger partial charge in [-0.05, 0) is 48.6 Å². The van der Waals surface area contributed by atoms with E-state index in [0.717, 1.165) is 23.4 Å². The molecule has 2 saturated carbocycles. The summed E-state index contributed by atoms with van der Waals surface area (Å²) in [5.41, 5.74) is 8.45. The van der Waals surface area contributed by atoms with E-state index in [4.69, 9.17) is 5.73 Å². The Morgan fingerprint density at radius 1 is 1.07 bits per heavy atom. The molecule has 0 spiro atoms. The maximum Gasteiger partial charge on any atom is 0.0349 e. The topological polar surface area (TPSA) is 26.0 Å². The summed E-state index contributed by atoms with van der Waals surface area (Å²) in [5.74, 6) is 2.71. The summed E-state index contributed by atoms with van der Waals surface area (Å²) in [6.07, 6.45) is 5.75. The molecule has 2 bridgehead atoms. The number of rotatable bonds is 1. The van der Waals surface area contributed by atoms with Crippen LogP contribution in [0.15, 0.2) is 24.3 Å². The summed E-state index contributed by atoms with van der Waals surface area (Å²) >= 11 is 0. The molecule has 0 aromatic heterocycles. The van der Waals surface area contributed by atoms with Gasteiger partial charge in [0, 0.05) is 5.69 Å². The third kappa shape index (κ3) is 1.15. The number of hydrogen-bond donors (Lipinski definition) is 1. The van der Waals surface area contributed by atoms with Gasteiger partial charge < -0.3 is 5.73 Å². The first-order valence-corrected chi connectivity index (χ1v) is 5.69. The van der Waals surface area contributed by atoms with E-state index in [1.807, 2.05) is 12.1 Å². The lowest BCUT2D eigenvalue weighted by atomic mass is 9.83. The van der Waals surface area contributed by atoms with E-state index >= 15 is 0 Å². The fourth-order valence-electron chi connectivity index (χ4n) is 3.47. The summed E-state index contributed by atoms with van der Waals surface area (Å²) in [6.45, 7) is 0. The van der Waals surface area contributed by atoms with Crippen LogP contribution in [0, 0.1) is 11.8 Å². The average Bonchev–Trinajstić information content (AvgIpc) is 2.79. The van der Waals surface area contributed by atoms with Crippen molar-refractivity contribution in [2.45, 2.75) is 31.6 Å². The highest BCUT2D eigenvalue weighted by molar-refractivity contribution is 5.49. The van der Waals surface area contributed by atoms with Crippen LogP contribution in [0.4, 0.5) is 5.69 Å². The summed E-state index contributed by atoms with van der Waals surface area (Å²) in [5, 5.41) is 0. The van der Waals surface area contributed by atoms with Crippen molar-refractivity contribution in [3.8, 4) is 0 Å². The summed E-state index contributed by atoms with van der Waals surface area (Å²) in [4.78, 5) is 0. The second-order valence-corrected chi connectivity index (χ2v) is 4.91. The molecule has 2 aliphatic rings. The number of benzene rings is 1. The van der Waals surface area contributed by atoms with Gasteiger partial charge in [-0.15, -0.1) is 0 Å². The van der Waals surface area contributed by atoms with Gasteiger partial charge in [0.25, 0.3) is 0 Å². The minimum Gasteiger partial charge on any atom is -0.398 e. The summed E-state index contributed by atoms with van der Waals surface area (Å²) in [7, 11) is 0. The molecule has 1 aromatic carbocycles. The summed E-state index contributed by atoms with van der Waals surface area (Å²) < 4.78 is 0. The Hall–Kier alpha value is -0.980. The maximum absolute atomic E-state index is 6.03. The number of hydrogen-bond acceptors (Lipinski definition) is 1. The van der Waals surface area contributed by atoms with Gasteiger partial charge in [-0.3, -0.25) is 0 Å². The Morgan fingerprint density at radius 3 is 2.57 bits per heavy atom. The van der Waals surface area contributed by atoms with Crippen molar-refractivity contribution in [2.75, 3.05) is 5.73 Å². The smallest absolute Gasteiger partial charge is 0.0349 e. The maximum atomic E-state index is 6.03. The Bertz CT molecular complexity index is 345. The molecule has 0 radical (unpaired) electrons. The summed E-state index contributed by atoms with van der Waals surface area (Å²) in [6, 6.07) is 8.42. The molecule has 0 amide bonds. The molecule has 1 nitrogen and oxygen atoms in total. The zero-order valence-electron chi connectivity index (χ0n) is 8.45. The van der Waals surface area contributed by atoms with Crippen molar-refractivity contribution in [1.29, 1.82) is 0 Å². The number of fused-ring (bicyclic) bond motifs is 2. The number of nitrogen functional groups attached to an aromatic ring is 1. The van der Waals surface area contributed by atoms with E-state index in [2.05, 4.69) is 12.1 Å². The van der Waals surface area contributed by atoms with Gasteiger partial charge in [0.15, 0.2) is 0 Å². The number of anilines is 1. The normalized spacial score (nSPS) is 35.0. The molecule has 0 heterocycles. The van der Waals surface area contributed by atoms with Crippen LogP contribution in [0.5, 0.6) is 0 Å². The van der Waals surface area contributed by atoms with Crippen LogP contribution in [0.1, 0.15) is 37.2 Å². The monoisotopic (exact) mass is 187 g/mol. The molecule has 2 aliphatic carbocycles. The predicted molar refractivity (Wildman–Crippen MR) is 59.0 cm³/mol. The molecule has 3 rings (SSSR count). The number of nitrogens with two attached hydrogens (primary N) is 1. The SMILES string of the molecule is Nc1ccccc1C1CC2CCC1C2. The van der Waals surface area contributed by atoms with Gasteiger partial charge in [0.05, 0.1) is 0 Å². The molecule has 0 saturated heterocycles. The third-order valence-electron chi connectivity index (χ3n) is 4.13. The zero-order chi connectivity index (χ0) is 9.54. The Balaban J connectivity index is 1.93. The van der Waals surface area contributed by atoms with Crippen LogP contribution >= 0.6 is 0 Å². The Morgan fingerprint density at radius 2 is 1.93 bits per heavy atom. The first-order chi connectivity index (χ1) is 6.84. The molecule has 74 valence electrons. The molecule has 3 unspecified atom stereocenters. The van der Waals surface area contributed by atoms with Gasteiger partial charge in [0.2, 0.25) is 0 Å². The average molecular weight is 187 g/mol. The van der Waals surface area contributed by atoms with Gasteiger partial charge in [0.1, 0.15) is 0 Å². The van der Waals surface area contributed by atoms with Crippen LogP contribution < -0.4 is 5.73 Å². The second-order valence-electron chi connectivity index (χ2n) is 4.91. The van der Waals surface area contributed by atoms with Crippen LogP contribution in [0.2, 0.25) is 0 Å². The van der Waals surface area contributed by atoms with Gasteiger partial charge >= 0.3 is 0 Å². The van der Waals surface area contributed by atoms with E-state index in [1.54, 1.807) is 0 Å². The largest absolute Gasteiger partial charge is 0.398 e. The lowest BCUT2D eigenvalue weighted by Crippen LogP contribution is -2.10. The molecule has 1 heteroatoms. The predicted octanol–water partition coefficient (Wildman–Crippen LogP) is 3.17. The van der Waals surface area contributed by atoms with E-state index in [0.29, 0.717) is 0 Å². The third-order valence-corrected chi connectivity index (χ3v) is 4.13. The molecule has 2 fully saturated rings. The van der Waals surface area contributed by atoms with Crippen molar-refractivity contribution in [1.82, 2.24) is 0 Å². The molecule has 0 aliphatic heterocycles. The van der Waals surface area contributed by atoms with Gasteiger partial charge in [-0.1, -0.05) is 24.6 Å². The molecule has 2 N–H and O–H groups in total. The van der Waals surface area contributed by atoms with E-state index in [-0.39, 0.29) is 0 Å². The van der Waals surface area contributed by atoms with Crippen molar-refractivity contribution in [2.24, 2.45) is 11.8 Å². The molecule has 1 aromatic rings. The zero-order valence-corrected chi connectivity index (χ0v) is 8.45. The second kappa shape index (κ2) is 3.01. The van der Waals surface area contributed by atoms with Crippen LogP contribution in [0.25, 0.3) is 0 Å². The van der Waals surface area contributed by atoms with Crippen LogP contribution in [-0.4, -0.2) is 0 Å². The van der Waals surface area contributed by atoms with Crippen molar-refractivity contribution >= 4 is 5.69 Å². The van der Waals surface area contributed by atoms with Crippen molar-refractivity contribution < 1.29 is 0 Å². The molecular formula is C13H17N. The Kier molecular flexibility index (Phi) is 1.79. The van der Waals surface area contributed by atoms with E-state index in [1.165, 1.54) is 31.2 Å². The minimum atomic E-state index is 0.773. The first kappa shape index (κ1) is 8.34. The van der Waals surface area contributed by atoms with E-state index < -0.39 is 0 Å². The standard InChI is InChI=1S/C13H17N/c14-13-4-2-1-3-11(13)12-8-9-5-6-10(12)7-9/h1-4,9-10,12H,5-8,14H2. The van der Waals surface area contributed by atoms with Crippen LogP contribution in [-0.2, 0) is 0 Å². The van der Waals surface area contributed by atoms with Gasteiger partial charge in [-0.2, -0.15) is 0 Å². The highest BCUT2D eigenvalue weighted by Crippen LogP contribution is 2.53. The van der Waals surface area contributed by atoms with Gasteiger partial charge in [-0.25, -0.2) is 0 Å². The van der Waals surface area contributed by atoms with E-state index in [9.17, 15) is 0 Å².